The molecular weight excluding hydrogens is 305 g/mol. The molecule has 3 N–H and O–H groups in total. The zero-order valence-electron chi connectivity index (χ0n) is 13.1. The Morgan fingerprint density at radius 1 is 0.917 bits per heavy atom. The molecule has 0 aliphatic rings. The molecule has 0 saturated carbocycles. The average Bonchev–Trinajstić information content (AvgIpc) is 2.63. The van der Waals surface area contributed by atoms with Crippen LogP contribution in [0.3, 0.4) is 0 Å². The number of hydrogen-bond acceptors (Lipinski definition) is 5. The molecule has 0 spiro atoms. The van der Waals surface area contributed by atoms with Gasteiger partial charge in [0.05, 0.1) is 6.20 Å². The average molecular weight is 323 g/mol. The van der Waals surface area contributed by atoms with Crippen molar-refractivity contribution < 1.29 is 4.39 Å². The lowest BCUT2D eigenvalue weighted by molar-refractivity contribution is 0.599. The molecule has 1 heterocycles. The van der Waals surface area contributed by atoms with Crippen molar-refractivity contribution in [2.45, 2.75) is 13.1 Å². The largest absolute Gasteiger partial charge is 0.345 e. The fourth-order valence-corrected chi connectivity index (χ4v) is 2.46. The second-order valence-electron chi connectivity index (χ2n) is 5.34. The highest BCUT2D eigenvalue weighted by Gasteiger charge is 2.16. The molecule has 0 aliphatic carbocycles. The van der Waals surface area contributed by atoms with Crippen LogP contribution in [0.25, 0.3) is 0 Å². The Balaban J connectivity index is 1.95. The third-order valence-corrected chi connectivity index (χ3v) is 3.59. The van der Waals surface area contributed by atoms with Crippen molar-refractivity contribution in [3.63, 3.8) is 0 Å². The van der Waals surface area contributed by atoms with Crippen LogP contribution in [0.1, 0.15) is 11.1 Å². The first-order valence-electron chi connectivity index (χ1n) is 7.58. The summed E-state index contributed by atoms with van der Waals surface area (Å²) in [5.41, 5.74) is 4.49. The van der Waals surface area contributed by atoms with Crippen molar-refractivity contribution in [3.05, 3.63) is 83.8 Å². The highest BCUT2D eigenvalue weighted by atomic mass is 19.1. The second-order valence-corrected chi connectivity index (χ2v) is 5.34. The van der Waals surface area contributed by atoms with E-state index in [1.165, 1.54) is 0 Å². The van der Waals surface area contributed by atoms with E-state index in [1.807, 2.05) is 65.6 Å². The van der Waals surface area contributed by atoms with Crippen LogP contribution in [-0.2, 0) is 13.1 Å². The molecule has 0 amide bonds. The smallest absolute Gasteiger partial charge is 0.239 e. The topological polar surface area (TPSA) is 67.1 Å². The minimum atomic E-state index is -0.485. The van der Waals surface area contributed by atoms with E-state index in [4.69, 9.17) is 5.84 Å². The van der Waals surface area contributed by atoms with Crippen LogP contribution >= 0.6 is 0 Å². The summed E-state index contributed by atoms with van der Waals surface area (Å²) < 4.78 is 14.3. The van der Waals surface area contributed by atoms with Gasteiger partial charge in [-0.2, -0.15) is 4.98 Å². The van der Waals surface area contributed by atoms with Gasteiger partial charge in [-0.1, -0.05) is 60.7 Å². The number of benzene rings is 2. The van der Waals surface area contributed by atoms with E-state index >= 15 is 0 Å². The Kier molecular flexibility index (Phi) is 4.98. The van der Waals surface area contributed by atoms with Crippen molar-refractivity contribution in [2.24, 2.45) is 5.84 Å². The summed E-state index contributed by atoms with van der Waals surface area (Å²) >= 11 is 0. The summed E-state index contributed by atoms with van der Waals surface area (Å²) in [6.07, 6.45) is 1.13. The molecule has 5 nitrogen and oxygen atoms in total. The quantitative estimate of drug-likeness (QED) is 0.539. The van der Waals surface area contributed by atoms with Gasteiger partial charge >= 0.3 is 0 Å². The maximum Gasteiger partial charge on any atom is 0.239 e. The van der Waals surface area contributed by atoms with Crippen molar-refractivity contribution in [1.82, 2.24) is 9.97 Å². The Bertz CT molecular complexity index is 738. The standard InChI is InChI=1S/C18H18FN5/c19-16-11-21-18(23-20)22-17(16)24(12-14-7-3-1-4-8-14)13-15-9-5-2-6-10-15/h1-11H,12-13,20H2,(H,21,22,23). The molecule has 0 unspecified atom stereocenters. The molecule has 6 heteroatoms. The van der Waals surface area contributed by atoms with Crippen molar-refractivity contribution >= 4 is 11.8 Å². The summed E-state index contributed by atoms with van der Waals surface area (Å²) in [6, 6.07) is 19.7. The predicted octanol–water partition coefficient (Wildman–Crippen LogP) is 3.11. The lowest BCUT2D eigenvalue weighted by Gasteiger charge is -2.24. The van der Waals surface area contributed by atoms with Crippen LogP contribution in [0.4, 0.5) is 16.2 Å². The van der Waals surface area contributed by atoms with Gasteiger partial charge in [0.25, 0.3) is 0 Å². The van der Waals surface area contributed by atoms with Gasteiger partial charge in [0.1, 0.15) is 0 Å². The molecule has 24 heavy (non-hydrogen) atoms. The van der Waals surface area contributed by atoms with Crippen molar-refractivity contribution in [1.29, 1.82) is 0 Å². The number of hydrogen-bond donors (Lipinski definition) is 2. The molecule has 0 saturated heterocycles. The third kappa shape index (κ3) is 3.85. The molecule has 0 fully saturated rings. The lowest BCUT2D eigenvalue weighted by atomic mass is 10.1. The van der Waals surface area contributed by atoms with E-state index in [9.17, 15) is 4.39 Å². The Hall–Kier alpha value is -2.99. The molecule has 3 rings (SSSR count). The molecule has 3 aromatic rings. The summed E-state index contributed by atoms with van der Waals surface area (Å²) in [5.74, 6) is 5.26. The number of halogens is 1. The van der Waals surface area contributed by atoms with E-state index in [0.717, 1.165) is 17.3 Å². The number of rotatable bonds is 6. The minimum absolute atomic E-state index is 0.178. The first-order valence-corrected chi connectivity index (χ1v) is 7.58. The predicted molar refractivity (Wildman–Crippen MR) is 92.6 cm³/mol. The summed E-state index contributed by atoms with van der Waals surface area (Å²) in [7, 11) is 0. The van der Waals surface area contributed by atoms with E-state index in [2.05, 4.69) is 15.4 Å². The first-order chi connectivity index (χ1) is 11.8. The Labute approximate surface area is 140 Å². The molecule has 122 valence electrons. The van der Waals surface area contributed by atoms with Crippen molar-refractivity contribution in [2.75, 3.05) is 10.3 Å². The number of nitrogens with two attached hydrogens (primary N) is 1. The molecular formula is C18H18FN5. The summed E-state index contributed by atoms with van der Waals surface area (Å²) in [4.78, 5) is 9.86. The fraction of sp³-hybridized carbons (Fsp3) is 0.111. The third-order valence-electron chi connectivity index (χ3n) is 3.59. The van der Waals surface area contributed by atoms with E-state index in [1.54, 1.807) is 0 Å². The van der Waals surface area contributed by atoms with E-state index in [0.29, 0.717) is 13.1 Å². The van der Waals surface area contributed by atoms with Crippen LogP contribution in [0.15, 0.2) is 66.9 Å². The van der Waals surface area contributed by atoms with Crippen LogP contribution in [0.2, 0.25) is 0 Å². The van der Waals surface area contributed by atoms with Crippen molar-refractivity contribution in [3.8, 4) is 0 Å². The van der Waals surface area contributed by atoms with Gasteiger partial charge < -0.3 is 4.90 Å². The van der Waals surface area contributed by atoms with E-state index in [-0.39, 0.29) is 11.8 Å². The highest BCUT2D eigenvalue weighted by Crippen LogP contribution is 2.22. The monoisotopic (exact) mass is 323 g/mol. The molecule has 1 aromatic heterocycles. The van der Waals surface area contributed by atoms with Gasteiger partial charge in [0, 0.05) is 13.1 Å². The van der Waals surface area contributed by atoms with Gasteiger partial charge in [0.2, 0.25) is 5.95 Å². The number of anilines is 2. The van der Waals surface area contributed by atoms with Gasteiger partial charge in [-0.05, 0) is 11.1 Å². The fourth-order valence-electron chi connectivity index (χ4n) is 2.46. The van der Waals surface area contributed by atoms with Crippen LogP contribution in [0.5, 0.6) is 0 Å². The summed E-state index contributed by atoms with van der Waals surface area (Å²) in [5, 5.41) is 0. The van der Waals surface area contributed by atoms with Crippen LogP contribution < -0.4 is 16.2 Å². The highest BCUT2D eigenvalue weighted by molar-refractivity contribution is 5.45. The zero-order chi connectivity index (χ0) is 16.8. The number of nitrogens with zero attached hydrogens (tertiary/aromatic N) is 3. The van der Waals surface area contributed by atoms with Crippen LogP contribution in [0, 0.1) is 5.82 Å². The summed E-state index contributed by atoms with van der Waals surface area (Å²) in [6.45, 7) is 1.04. The zero-order valence-corrected chi connectivity index (χ0v) is 13.1. The Morgan fingerprint density at radius 2 is 1.46 bits per heavy atom. The lowest BCUT2D eigenvalue weighted by Crippen LogP contribution is -2.25. The normalized spacial score (nSPS) is 10.4. The van der Waals surface area contributed by atoms with Gasteiger partial charge in [-0.15, -0.1) is 0 Å². The molecule has 0 atom stereocenters. The molecule has 0 bridgehead atoms. The first kappa shape index (κ1) is 15.9. The maximum atomic E-state index is 14.3. The number of nitrogen functional groups attached to an aromatic ring is 1. The molecule has 2 aromatic carbocycles. The maximum absolute atomic E-state index is 14.3. The van der Waals surface area contributed by atoms with Gasteiger partial charge in [0.15, 0.2) is 11.6 Å². The number of hydrazine groups is 1. The SMILES string of the molecule is NNc1ncc(F)c(N(Cc2ccccc2)Cc2ccccc2)n1. The van der Waals surface area contributed by atoms with E-state index < -0.39 is 5.82 Å². The second kappa shape index (κ2) is 7.52. The Morgan fingerprint density at radius 3 is 1.96 bits per heavy atom. The van der Waals surface area contributed by atoms with Gasteiger partial charge in [-0.3, -0.25) is 5.43 Å². The minimum Gasteiger partial charge on any atom is -0.345 e. The molecule has 0 radical (unpaired) electrons. The van der Waals surface area contributed by atoms with Crippen LogP contribution in [-0.4, -0.2) is 9.97 Å². The molecule has 0 aliphatic heterocycles. The number of nitrogens with one attached hydrogen (secondary N) is 1. The number of aromatic nitrogens is 2. The van der Waals surface area contributed by atoms with Gasteiger partial charge in [-0.25, -0.2) is 15.2 Å².